The Bertz CT molecular complexity index is 1140. The van der Waals surface area contributed by atoms with Crippen molar-refractivity contribution in [1.29, 1.82) is 0 Å². The van der Waals surface area contributed by atoms with E-state index in [1.807, 2.05) is 0 Å². The van der Waals surface area contributed by atoms with Crippen LogP contribution in [0.1, 0.15) is 111 Å². The number of nitrogens with one attached hydrogen (secondary N) is 2. The van der Waals surface area contributed by atoms with Crippen molar-refractivity contribution >= 4 is 23.7 Å². The van der Waals surface area contributed by atoms with E-state index in [0.717, 1.165) is 43.4 Å². The molecule has 0 aromatic rings. The first-order chi connectivity index (χ1) is 21.2. The van der Waals surface area contributed by atoms with Crippen LogP contribution < -0.4 is 22.1 Å². The lowest BCUT2D eigenvalue weighted by atomic mass is 9.44. The monoisotopic (exact) mass is 629 g/mol. The Hall–Kier alpha value is -2.62. The van der Waals surface area contributed by atoms with Gasteiger partial charge >= 0.3 is 5.97 Å². The zero-order valence-corrected chi connectivity index (χ0v) is 28.0. The van der Waals surface area contributed by atoms with E-state index < -0.39 is 24.0 Å². The van der Waals surface area contributed by atoms with Crippen LogP contribution in [-0.4, -0.2) is 58.7 Å². The van der Waals surface area contributed by atoms with Gasteiger partial charge in [-0.25, -0.2) is 4.79 Å². The van der Waals surface area contributed by atoms with Crippen LogP contribution >= 0.6 is 0 Å². The smallest absolute Gasteiger partial charge is 0.326 e. The second-order valence-electron chi connectivity index (χ2n) is 15.5. The normalized spacial score (nSPS) is 35.8. The summed E-state index contributed by atoms with van der Waals surface area (Å²) >= 11 is 0. The Morgan fingerprint density at radius 1 is 0.978 bits per heavy atom. The summed E-state index contributed by atoms with van der Waals surface area (Å²) in [6, 6.07) is -2.13. The number of guanidine groups is 1. The molecular weight excluding hydrogens is 570 g/mol. The van der Waals surface area contributed by atoms with Crippen LogP contribution in [0, 0.1) is 46.3 Å². The fourth-order valence-electron chi connectivity index (χ4n) is 10.4. The number of nitrogens with zero attached hydrogens (tertiary/aromatic N) is 1. The van der Waals surface area contributed by atoms with E-state index in [9.17, 15) is 24.6 Å². The van der Waals surface area contributed by atoms with Gasteiger partial charge in [0, 0.05) is 13.0 Å². The molecule has 4 fully saturated rings. The summed E-state index contributed by atoms with van der Waals surface area (Å²) in [5, 5.41) is 25.3. The van der Waals surface area contributed by atoms with Crippen LogP contribution in [0.2, 0.25) is 0 Å². The maximum atomic E-state index is 13.1. The summed E-state index contributed by atoms with van der Waals surface area (Å²) in [6.07, 6.45) is 12.1. The molecule has 10 heteroatoms. The summed E-state index contributed by atoms with van der Waals surface area (Å²) in [5.74, 6) is 1.86. The number of amides is 2. The molecule has 0 saturated heterocycles. The maximum absolute atomic E-state index is 13.1. The summed E-state index contributed by atoms with van der Waals surface area (Å²) in [5.41, 5.74) is 11.7. The van der Waals surface area contributed by atoms with Gasteiger partial charge in [0.15, 0.2) is 5.96 Å². The number of carbonyl (C=O) groups excluding carboxylic acids is 2. The van der Waals surface area contributed by atoms with Gasteiger partial charge in [-0.05, 0) is 136 Å². The molecule has 0 spiro atoms. The molecule has 0 aliphatic heterocycles. The number of fused-ring (bicyclic) bond motifs is 5. The van der Waals surface area contributed by atoms with Gasteiger partial charge < -0.3 is 32.3 Å². The number of hydrogen-bond donors (Lipinski definition) is 6. The molecule has 4 rings (SSSR count). The topological polar surface area (TPSA) is 180 Å². The van der Waals surface area contributed by atoms with E-state index in [4.69, 9.17) is 11.5 Å². The van der Waals surface area contributed by atoms with E-state index in [1.165, 1.54) is 38.5 Å². The third-order valence-electron chi connectivity index (χ3n) is 12.8. The number of carbonyl (C=O) groups is 3. The van der Waals surface area contributed by atoms with Gasteiger partial charge in [0.25, 0.3) is 0 Å². The fraction of sp³-hybridized carbons (Fsp3) is 0.829. The lowest BCUT2D eigenvalue weighted by Gasteiger charge is -2.61. The van der Waals surface area contributed by atoms with Crippen LogP contribution in [0.3, 0.4) is 0 Å². The molecule has 45 heavy (non-hydrogen) atoms. The minimum absolute atomic E-state index is 0.0716. The van der Waals surface area contributed by atoms with E-state index in [2.05, 4.69) is 43.0 Å². The molecule has 4 saturated carbocycles. The van der Waals surface area contributed by atoms with Gasteiger partial charge in [0.1, 0.15) is 12.1 Å². The molecule has 0 radical (unpaired) electrons. The first kappa shape index (κ1) is 35.2. The lowest BCUT2D eigenvalue weighted by molar-refractivity contribution is -0.142. The first-order valence-electron chi connectivity index (χ1n) is 17.4. The molecular formula is C35H59N5O5. The minimum atomic E-state index is -1.16. The van der Waals surface area contributed by atoms with Crippen LogP contribution in [-0.2, 0) is 14.4 Å². The highest BCUT2D eigenvalue weighted by Crippen LogP contribution is 2.68. The van der Waals surface area contributed by atoms with Crippen molar-refractivity contribution < 1.29 is 24.6 Å². The Kier molecular flexibility index (Phi) is 11.3. The molecule has 2 unspecified atom stereocenters. The SMILES string of the molecule is C=C(C)[C@H](NC(=O)CC[C@@H](C)[C@H]1CCC2[C@@H]3CC[C@@H]4C[C@H](O)CC[C@]4(C)C3CC[C@@]21C)C(=O)N[C@@H](CCCN=C(N)N)C(=O)O. The van der Waals surface area contributed by atoms with Gasteiger partial charge in [-0.3, -0.25) is 14.6 Å². The molecule has 254 valence electrons. The average molecular weight is 630 g/mol. The summed E-state index contributed by atoms with van der Waals surface area (Å²) in [4.78, 5) is 41.8. The molecule has 0 aromatic heterocycles. The van der Waals surface area contributed by atoms with Crippen LogP contribution in [0.4, 0.5) is 0 Å². The maximum Gasteiger partial charge on any atom is 0.326 e. The highest BCUT2D eigenvalue weighted by molar-refractivity contribution is 5.92. The van der Waals surface area contributed by atoms with E-state index in [-0.39, 0.29) is 30.9 Å². The molecule has 0 aromatic carbocycles. The average Bonchev–Trinajstić information content (AvgIpc) is 3.33. The number of rotatable bonds is 13. The molecule has 11 atom stereocenters. The number of aliphatic carboxylic acids is 1. The molecule has 4 aliphatic carbocycles. The van der Waals surface area contributed by atoms with Crippen molar-refractivity contribution in [1.82, 2.24) is 10.6 Å². The standard InChI is InChI=1S/C35H59N5O5/c1-20(2)30(31(43)39-28(32(44)45)7-6-18-38-33(36)37)40-29(42)13-8-21(3)25-11-12-26-24-10-9-22-19-23(41)14-16-34(22,4)27(24)15-17-35(25,26)5/h21-28,30,41H,1,6-19H2,2-5H3,(H,39,43)(H,40,42)(H,44,45)(H4,36,37,38)/t21-,22-,23-,24+,25-,26?,27?,28+,30+,34+,35-/m1/s1. The van der Waals surface area contributed by atoms with Crippen molar-refractivity contribution in [2.45, 2.75) is 129 Å². The second-order valence-corrected chi connectivity index (χ2v) is 15.5. The highest BCUT2D eigenvalue weighted by Gasteiger charge is 2.60. The largest absolute Gasteiger partial charge is 0.480 e. The Morgan fingerprint density at radius 2 is 1.67 bits per heavy atom. The first-order valence-corrected chi connectivity index (χ1v) is 17.4. The molecule has 0 heterocycles. The summed E-state index contributed by atoms with van der Waals surface area (Å²) < 4.78 is 0. The number of aliphatic imine (C=N–C) groups is 1. The molecule has 2 amide bonds. The van der Waals surface area contributed by atoms with Gasteiger partial charge in [-0.2, -0.15) is 0 Å². The highest BCUT2D eigenvalue weighted by atomic mass is 16.4. The van der Waals surface area contributed by atoms with E-state index in [0.29, 0.717) is 47.0 Å². The van der Waals surface area contributed by atoms with E-state index >= 15 is 0 Å². The van der Waals surface area contributed by atoms with E-state index in [1.54, 1.807) is 6.92 Å². The van der Waals surface area contributed by atoms with Crippen molar-refractivity contribution in [3.63, 3.8) is 0 Å². The van der Waals surface area contributed by atoms with Gasteiger partial charge in [-0.15, -0.1) is 0 Å². The van der Waals surface area contributed by atoms with Crippen LogP contribution in [0.25, 0.3) is 0 Å². The molecule has 0 bridgehead atoms. The molecule has 10 nitrogen and oxygen atoms in total. The van der Waals surface area contributed by atoms with Crippen molar-refractivity contribution in [3.05, 3.63) is 12.2 Å². The minimum Gasteiger partial charge on any atom is -0.480 e. The number of hydrogen-bond acceptors (Lipinski definition) is 5. The van der Waals surface area contributed by atoms with Crippen molar-refractivity contribution in [3.8, 4) is 0 Å². The van der Waals surface area contributed by atoms with Crippen LogP contribution in [0.5, 0.6) is 0 Å². The predicted octanol–water partition coefficient (Wildman–Crippen LogP) is 4.11. The predicted molar refractivity (Wildman–Crippen MR) is 176 cm³/mol. The van der Waals surface area contributed by atoms with Gasteiger partial charge in [0.2, 0.25) is 11.8 Å². The van der Waals surface area contributed by atoms with Gasteiger partial charge in [-0.1, -0.05) is 27.4 Å². The summed E-state index contributed by atoms with van der Waals surface area (Å²) in [7, 11) is 0. The number of nitrogens with two attached hydrogens (primary N) is 2. The lowest BCUT2D eigenvalue weighted by Crippen LogP contribution is -2.54. The number of aliphatic hydroxyl groups is 1. The Balaban J connectivity index is 1.30. The third-order valence-corrected chi connectivity index (χ3v) is 12.8. The number of aliphatic hydroxyl groups excluding tert-OH is 1. The van der Waals surface area contributed by atoms with Crippen LogP contribution in [0.15, 0.2) is 17.1 Å². The fourth-order valence-corrected chi connectivity index (χ4v) is 10.4. The summed E-state index contributed by atoms with van der Waals surface area (Å²) in [6.45, 7) is 13.1. The van der Waals surface area contributed by atoms with Crippen molar-refractivity contribution in [2.24, 2.45) is 62.8 Å². The zero-order chi connectivity index (χ0) is 33.1. The molecule has 4 aliphatic rings. The number of carboxylic acid groups (broad SMARTS) is 1. The molecule has 8 N–H and O–H groups in total. The second kappa shape index (κ2) is 14.4. The Morgan fingerprint density at radius 3 is 2.33 bits per heavy atom. The number of carboxylic acids is 1. The third kappa shape index (κ3) is 7.68. The van der Waals surface area contributed by atoms with Crippen molar-refractivity contribution in [2.75, 3.05) is 6.54 Å². The van der Waals surface area contributed by atoms with Gasteiger partial charge in [0.05, 0.1) is 6.10 Å². The quantitative estimate of drug-likeness (QED) is 0.0767. The Labute approximate surface area is 269 Å². The zero-order valence-electron chi connectivity index (χ0n) is 28.0.